The molecule has 0 radical (unpaired) electrons. The van der Waals surface area contributed by atoms with Crippen LogP contribution < -0.4 is 5.32 Å². The molecule has 1 aromatic carbocycles. The molecule has 2 atom stereocenters. The number of piperidine rings is 1. The quantitative estimate of drug-likeness (QED) is 0.615. The molecule has 0 bridgehead atoms. The van der Waals surface area contributed by atoms with E-state index in [9.17, 15) is 35.6 Å². The molecule has 33 heavy (non-hydrogen) atoms. The number of alkyl halides is 3. The number of amides is 3. The first-order valence-corrected chi connectivity index (χ1v) is 11.7. The molecule has 9 nitrogen and oxygen atoms in total. The topological polar surface area (TPSA) is 99.3 Å². The Morgan fingerprint density at radius 1 is 1.09 bits per heavy atom. The van der Waals surface area contributed by atoms with Crippen LogP contribution in [0.2, 0.25) is 0 Å². The van der Waals surface area contributed by atoms with Crippen molar-refractivity contribution < 1.29 is 40.3 Å². The lowest BCUT2D eigenvalue weighted by Gasteiger charge is -2.43. The van der Waals surface area contributed by atoms with E-state index in [0.29, 0.717) is 25.1 Å². The summed E-state index contributed by atoms with van der Waals surface area (Å²) in [7, 11) is -4.38. The molecule has 3 aliphatic rings. The van der Waals surface area contributed by atoms with E-state index in [2.05, 4.69) is 5.32 Å². The normalized spacial score (nSPS) is 24.9. The highest BCUT2D eigenvalue weighted by Gasteiger charge is 2.39. The first-order chi connectivity index (χ1) is 15.5. The number of morpholine rings is 1. The van der Waals surface area contributed by atoms with Gasteiger partial charge in [0.1, 0.15) is 17.3 Å². The van der Waals surface area contributed by atoms with Crippen LogP contribution in [0.15, 0.2) is 23.1 Å². The number of piperazine rings is 1. The molecule has 3 aliphatic heterocycles. The summed E-state index contributed by atoms with van der Waals surface area (Å²) in [6, 6.07) is 0.659. The van der Waals surface area contributed by atoms with E-state index in [1.54, 1.807) is 4.90 Å². The molecule has 1 aromatic rings. The van der Waals surface area contributed by atoms with Crippen LogP contribution in [0.5, 0.6) is 0 Å². The molecule has 1 N–H and O–H groups in total. The Balaban J connectivity index is 1.38. The van der Waals surface area contributed by atoms with Gasteiger partial charge in [-0.15, -0.1) is 0 Å². The van der Waals surface area contributed by atoms with Gasteiger partial charge in [0.15, 0.2) is 0 Å². The van der Waals surface area contributed by atoms with Crippen molar-refractivity contribution in [2.75, 3.05) is 45.9 Å². The molecule has 3 fully saturated rings. The predicted molar refractivity (Wildman–Crippen MR) is 105 cm³/mol. The zero-order chi connectivity index (χ0) is 24.0. The van der Waals surface area contributed by atoms with Gasteiger partial charge in [0, 0.05) is 39.3 Å². The zero-order valence-corrected chi connectivity index (χ0v) is 18.2. The molecule has 3 heterocycles. The zero-order valence-electron chi connectivity index (χ0n) is 17.3. The largest absolute Gasteiger partial charge is 0.416 e. The molecule has 0 unspecified atom stereocenters. The number of hydrogen-bond donors (Lipinski definition) is 1. The highest BCUT2D eigenvalue weighted by molar-refractivity contribution is 7.89. The van der Waals surface area contributed by atoms with Gasteiger partial charge >= 0.3 is 12.2 Å². The van der Waals surface area contributed by atoms with Crippen LogP contribution in [-0.2, 0) is 25.7 Å². The van der Waals surface area contributed by atoms with Gasteiger partial charge < -0.3 is 19.9 Å². The van der Waals surface area contributed by atoms with Crippen molar-refractivity contribution in [2.24, 2.45) is 0 Å². The van der Waals surface area contributed by atoms with Crippen molar-refractivity contribution in [3.63, 3.8) is 0 Å². The predicted octanol–water partition coefficient (Wildman–Crippen LogP) is 0.860. The van der Waals surface area contributed by atoms with Gasteiger partial charge in [-0.05, 0) is 24.6 Å². The summed E-state index contributed by atoms with van der Waals surface area (Å²) in [5.74, 6) is -1.73. The number of halogens is 4. The van der Waals surface area contributed by atoms with E-state index in [1.807, 2.05) is 0 Å². The summed E-state index contributed by atoms with van der Waals surface area (Å²) < 4.78 is 84.4. The van der Waals surface area contributed by atoms with Crippen molar-refractivity contribution in [1.29, 1.82) is 0 Å². The van der Waals surface area contributed by atoms with Gasteiger partial charge in [0.05, 0.1) is 17.7 Å². The van der Waals surface area contributed by atoms with E-state index in [1.165, 1.54) is 4.90 Å². The fourth-order valence-corrected chi connectivity index (χ4v) is 5.69. The third kappa shape index (κ3) is 4.77. The van der Waals surface area contributed by atoms with Crippen LogP contribution in [0.1, 0.15) is 12.0 Å². The minimum atomic E-state index is -4.80. The number of urea groups is 1. The van der Waals surface area contributed by atoms with Crippen LogP contribution in [-0.4, -0.2) is 92.5 Å². The third-order valence-corrected chi connectivity index (χ3v) is 7.91. The smallest absolute Gasteiger partial charge is 0.366 e. The van der Waals surface area contributed by atoms with E-state index >= 15 is 0 Å². The van der Waals surface area contributed by atoms with Gasteiger partial charge in [-0.3, -0.25) is 4.79 Å². The summed E-state index contributed by atoms with van der Waals surface area (Å²) in [6.07, 6.45) is -4.40. The Labute approximate surface area is 187 Å². The van der Waals surface area contributed by atoms with Crippen molar-refractivity contribution in [2.45, 2.75) is 29.6 Å². The fourth-order valence-electron chi connectivity index (χ4n) is 4.22. The van der Waals surface area contributed by atoms with Gasteiger partial charge in [-0.2, -0.15) is 17.5 Å². The molecule has 3 amide bonds. The van der Waals surface area contributed by atoms with Gasteiger partial charge in [-0.25, -0.2) is 17.6 Å². The molecule has 0 spiro atoms. The molecule has 14 heteroatoms. The van der Waals surface area contributed by atoms with Crippen LogP contribution in [0.3, 0.4) is 0 Å². The number of nitrogens with one attached hydrogen (secondary N) is 1. The van der Waals surface area contributed by atoms with Crippen LogP contribution in [0, 0.1) is 5.82 Å². The van der Waals surface area contributed by atoms with Gasteiger partial charge in [-0.1, -0.05) is 0 Å². The minimum absolute atomic E-state index is 0.00886. The third-order valence-electron chi connectivity index (χ3n) is 5.98. The molecular weight excluding hydrogens is 472 g/mol. The van der Waals surface area contributed by atoms with Crippen LogP contribution in [0.4, 0.5) is 22.4 Å². The van der Waals surface area contributed by atoms with Crippen molar-refractivity contribution in [3.05, 3.63) is 29.6 Å². The molecular formula is C19H22F4N4O5S. The van der Waals surface area contributed by atoms with E-state index in [4.69, 9.17) is 4.74 Å². The van der Waals surface area contributed by atoms with Crippen molar-refractivity contribution >= 4 is 22.0 Å². The summed E-state index contributed by atoms with van der Waals surface area (Å²) >= 11 is 0. The minimum Gasteiger partial charge on any atom is -0.366 e. The van der Waals surface area contributed by atoms with Crippen molar-refractivity contribution in [3.8, 4) is 0 Å². The second kappa shape index (κ2) is 8.72. The van der Waals surface area contributed by atoms with E-state index < -0.39 is 32.5 Å². The molecule has 0 saturated carbocycles. The SMILES string of the molecule is O=C1CO[C@H]2CCN(C(=O)N3CCN(S(=O)(=O)c4ccc(C(F)(F)F)cc4F)CC3)C[C@H]2N1. The second-order valence-electron chi connectivity index (χ2n) is 8.07. The summed E-state index contributed by atoms with van der Waals surface area (Å²) in [5.41, 5.74) is -1.28. The van der Waals surface area contributed by atoms with Gasteiger partial charge in [0.2, 0.25) is 15.9 Å². The van der Waals surface area contributed by atoms with Crippen LogP contribution in [0.25, 0.3) is 0 Å². The lowest BCUT2D eigenvalue weighted by molar-refractivity contribution is -0.140. The maximum Gasteiger partial charge on any atom is 0.416 e. The number of likely N-dealkylation sites (tertiary alicyclic amines) is 1. The number of sulfonamides is 1. The standard InChI is InChI=1S/C19H22F4N4O5S/c20-13-9-12(19(21,22)23)1-2-16(13)33(30,31)27-7-5-25(6-8-27)18(29)26-4-3-15-14(10-26)24-17(28)11-32-15/h1-2,9,14-15H,3-8,10-11H2,(H,24,28)/t14-,15+/m1/s1. The number of carbonyl (C=O) groups excluding carboxylic acids is 2. The average Bonchev–Trinajstić information content (AvgIpc) is 2.77. The molecule has 3 saturated heterocycles. The highest BCUT2D eigenvalue weighted by atomic mass is 32.2. The highest BCUT2D eigenvalue weighted by Crippen LogP contribution is 2.32. The Morgan fingerprint density at radius 3 is 2.42 bits per heavy atom. The van der Waals surface area contributed by atoms with E-state index in [0.717, 1.165) is 4.31 Å². The maximum atomic E-state index is 14.2. The molecule has 182 valence electrons. The Hall–Kier alpha value is -2.45. The number of carbonyl (C=O) groups is 2. The summed E-state index contributed by atoms with van der Waals surface area (Å²) in [6.45, 7) is 0.491. The van der Waals surface area contributed by atoms with Crippen LogP contribution >= 0.6 is 0 Å². The number of benzene rings is 1. The average molecular weight is 494 g/mol. The Bertz CT molecular complexity index is 1040. The lowest BCUT2D eigenvalue weighted by Crippen LogP contribution is -2.63. The first-order valence-electron chi connectivity index (χ1n) is 10.3. The molecule has 0 aromatic heterocycles. The molecule has 4 rings (SSSR count). The number of nitrogens with zero attached hydrogens (tertiary/aromatic N) is 3. The monoisotopic (exact) mass is 494 g/mol. The maximum absolute atomic E-state index is 14.2. The lowest BCUT2D eigenvalue weighted by atomic mass is 10.0. The number of hydrogen-bond acceptors (Lipinski definition) is 5. The fraction of sp³-hybridized carbons (Fsp3) is 0.579. The number of fused-ring (bicyclic) bond motifs is 1. The first kappa shape index (κ1) is 23.7. The summed E-state index contributed by atoms with van der Waals surface area (Å²) in [4.78, 5) is 26.6. The van der Waals surface area contributed by atoms with Gasteiger partial charge in [0.25, 0.3) is 0 Å². The molecule has 0 aliphatic carbocycles. The summed E-state index contributed by atoms with van der Waals surface area (Å²) in [5, 5.41) is 2.80. The second-order valence-corrected chi connectivity index (χ2v) is 9.98. The van der Waals surface area contributed by atoms with E-state index in [-0.39, 0.29) is 69.5 Å². The Kier molecular flexibility index (Phi) is 6.26. The van der Waals surface area contributed by atoms with Crippen molar-refractivity contribution in [1.82, 2.24) is 19.4 Å². The number of ether oxygens (including phenoxy) is 1. The number of rotatable bonds is 2. The Morgan fingerprint density at radius 2 is 1.79 bits per heavy atom.